The number of nitrogens with zero attached hydrogens (tertiary/aromatic N) is 1. The van der Waals surface area contributed by atoms with Gasteiger partial charge in [-0.15, -0.1) is 0 Å². The monoisotopic (exact) mass is 312 g/mol. The lowest BCUT2D eigenvalue weighted by Gasteiger charge is -2.29. The molecule has 4 nitrogen and oxygen atoms in total. The van der Waals surface area contributed by atoms with Gasteiger partial charge in [0.25, 0.3) is 5.91 Å². The van der Waals surface area contributed by atoms with E-state index in [0.29, 0.717) is 19.7 Å². The molecule has 0 aliphatic carbocycles. The zero-order valence-electron chi connectivity index (χ0n) is 12.4. The topological polar surface area (TPSA) is 41.6 Å². The summed E-state index contributed by atoms with van der Waals surface area (Å²) in [5.41, 5.74) is 1.87. The molecule has 1 amide bonds. The van der Waals surface area contributed by atoms with Crippen molar-refractivity contribution < 1.29 is 13.9 Å². The lowest BCUT2D eigenvalue weighted by atomic mass is 10.1. The number of ether oxygens (including phenoxy) is 1. The summed E-state index contributed by atoms with van der Waals surface area (Å²) in [7, 11) is 1.97. The number of halogens is 1. The van der Waals surface area contributed by atoms with E-state index < -0.39 is 6.10 Å². The summed E-state index contributed by atoms with van der Waals surface area (Å²) in [5, 5.41) is 2.89. The van der Waals surface area contributed by atoms with Crippen LogP contribution in [0.5, 0.6) is 0 Å². The molecule has 0 radical (unpaired) electrons. The molecule has 1 aliphatic rings. The first kappa shape index (κ1) is 16.3. The Bertz CT molecular complexity index is 499. The molecule has 1 aliphatic heterocycles. The van der Waals surface area contributed by atoms with E-state index in [9.17, 15) is 9.18 Å². The fraction of sp³-hybridized carbons (Fsp3) is 0.533. The molecule has 21 heavy (non-hydrogen) atoms. The van der Waals surface area contributed by atoms with Crippen LogP contribution in [0.25, 0.3) is 0 Å². The van der Waals surface area contributed by atoms with Crippen molar-refractivity contribution in [2.45, 2.75) is 18.4 Å². The fourth-order valence-corrected chi connectivity index (χ4v) is 2.87. The summed E-state index contributed by atoms with van der Waals surface area (Å²) >= 11 is 1.63. The minimum atomic E-state index is -0.423. The Morgan fingerprint density at radius 2 is 2.33 bits per heavy atom. The highest BCUT2D eigenvalue weighted by Crippen LogP contribution is 2.16. The Labute approximate surface area is 129 Å². The Morgan fingerprint density at radius 3 is 3.05 bits per heavy atom. The van der Waals surface area contributed by atoms with E-state index in [1.165, 1.54) is 12.1 Å². The Hall–Kier alpha value is -1.11. The Morgan fingerprint density at radius 1 is 1.52 bits per heavy atom. The minimum Gasteiger partial charge on any atom is -0.366 e. The van der Waals surface area contributed by atoms with E-state index in [2.05, 4.69) is 10.2 Å². The van der Waals surface area contributed by atoms with Crippen molar-refractivity contribution in [3.8, 4) is 0 Å². The van der Waals surface area contributed by atoms with Gasteiger partial charge in [-0.05, 0) is 36.6 Å². The molecular weight excluding hydrogens is 291 g/mol. The second-order valence-electron chi connectivity index (χ2n) is 5.19. The third kappa shape index (κ3) is 4.69. The van der Waals surface area contributed by atoms with Crippen LogP contribution in [0.15, 0.2) is 18.2 Å². The second kappa shape index (κ2) is 7.77. The smallest absolute Gasteiger partial charge is 0.250 e. The van der Waals surface area contributed by atoms with Gasteiger partial charge >= 0.3 is 0 Å². The summed E-state index contributed by atoms with van der Waals surface area (Å²) in [6.07, 6.45) is 1.55. The number of hydrogen-bond donors (Lipinski definition) is 1. The second-order valence-corrected chi connectivity index (χ2v) is 6.05. The summed E-state index contributed by atoms with van der Waals surface area (Å²) < 4.78 is 18.8. The number of benzene rings is 1. The molecule has 1 aromatic rings. The van der Waals surface area contributed by atoms with Gasteiger partial charge in [0.1, 0.15) is 11.9 Å². The molecular formula is C15H21FN2O2S. The van der Waals surface area contributed by atoms with Crippen molar-refractivity contribution in [3.05, 3.63) is 35.1 Å². The summed E-state index contributed by atoms with van der Waals surface area (Å²) in [6, 6.07) is 4.69. The van der Waals surface area contributed by atoms with E-state index in [-0.39, 0.29) is 11.7 Å². The number of morpholine rings is 1. The highest BCUT2D eigenvalue weighted by Gasteiger charge is 2.24. The molecule has 0 unspecified atom stereocenters. The average Bonchev–Trinajstić information content (AvgIpc) is 2.46. The molecule has 0 bridgehead atoms. The van der Waals surface area contributed by atoms with Gasteiger partial charge in [-0.2, -0.15) is 11.8 Å². The zero-order valence-corrected chi connectivity index (χ0v) is 13.2. The van der Waals surface area contributed by atoms with Crippen molar-refractivity contribution in [3.63, 3.8) is 0 Å². The standard InChI is InChI=1S/C15H21FN2O2S/c1-18-5-6-20-14(9-18)15(19)17-8-11-3-4-13(16)7-12(11)10-21-2/h3-4,7,14H,5-6,8-10H2,1-2H3,(H,17,19)/t14-/m0/s1. The van der Waals surface area contributed by atoms with Crippen LogP contribution in [0.1, 0.15) is 11.1 Å². The van der Waals surface area contributed by atoms with Crippen LogP contribution >= 0.6 is 11.8 Å². The van der Waals surface area contributed by atoms with Crippen LogP contribution in [-0.2, 0) is 21.8 Å². The van der Waals surface area contributed by atoms with Crippen LogP contribution in [0.4, 0.5) is 4.39 Å². The van der Waals surface area contributed by atoms with E-state index in [4.69, 9.17) is 4.74 Å². The molecule has 0 spiro atoms. The van der Waals surface area contributed by atoms with E-state index >= 15 is 0 Å². The molecule has 1 fully saturated rings. The molecule has 1 aromatic carbocycles. The quantitative estimate of drug-likeness (QED) is 0.897. The summed E-state index contributed by atoms with van der Waals surface area (Å²) in [6.45, 7) is 2.42. The number of nitrogens with one attached hydrogen (secondary N) is 1. The van der Waals surface area contributed by atoms with Gasteiger partial charge in [0.15, 0.2) is 0 Å². The maximum Gasteiger partial charge on any atom is 0.250 e. The summed E-state index contributed by atoms with van der Waals surface area (Å²) in [5.74, 6) is 0.373. The first-order valence-electron chi connectivity index (χ1n) is 6.94. The van der Waals surface area contributed by atoms with Crippen LogP contribution in [0.3, 0.4) is 0 Å². The fourth-order valence-electron chi connectivity index (χ4n) is 2.29. The van der Waals surface area contributed by atoms with Gasteiger partial charge in [-0.3, -0.25) is 4.79 Å². The Kier molecular flexibility index (Phi) is 6.02. The highest BCUT2D eigenvalue weighted by atomic mass is 32.2. The number of amides is 1. The average molecular weight is 312 g/mol. The van der Waals surface area contributed by atoms with Crippen LogP contribution in [0, 0.1) is 5.82 Å². The largest absolute Gasteiger partial charge is 0.366 e. The van der Waals surface area contributed by atoms with Gasteiger partial charge < -0.3 is 15.0 Å². The molecule has 2 rings (SSSR count). The van der Waals surface area contributed by atoms with Gasteiger partial charge in [0, 0.05) is 25.4 Å². The van der Waals surface area contributed by atoms with Gasteiger partial charge in [-0.25, -0.2) is 4.39 Å². The summed E-state index contributed by atoms with van der Waals surface area (Å²) in [4.78, 5) is 14.2. The maximum atomic E-state index is 13.3. The number of rotatable bonds is 5. The lowest BCUT2D eigenvalue weighted by Crippen LogP contribution is -2.48. The van der Waals surface area contributed by atoms with Crippen molar-refractivity contribution in [2.24, 2.45) is 0 Å². The first-order valence-corrected chi connectivity index (χ1v) is 8.33. The van der Waals surface area contributed by atoms with Crippen molar-refractivity contribution >= 4 is 17.7 Å². The number of carbonyl (C=O) groups is 1. The van der Waals surface area contributed by atoms with E-state index in [0.717, 1.165) is 23.4 Å². The molecule has 0 saturated carbocycles. The predicted octanol–water partition coefficient (Wildman–Crippen LogP) is 1.64. The number of likely N-dealkylation sites (N-methyl/N-ethyl adjacent to an activating group) is 1. The highest BCUT2D eigenvalue weighted by molar-refractivity contribution is 7.97. The van der Waals surface area contributed by atoms with Crippen LogP contribution in [-0.4, -0.2) is 49.9 Å². The van der Waals surface area contributed by atoms with E-state index in [1.807, 2.05) is 13.3 Å². The normalized spacial score (nSPS) is 19.5. The van der Waals surface area contributed by atoms with Crippen molar-refractivity contribution in [1.29, 1.82) is 0 Å². The molecule has 6 heteroatoms. The first-order chi connectivity index (χ1) is 10.1. The van der Waals surface area contributed by atoms with Crippen molar-refractivity contribution in [1.82, 2.24) is 10.2 Å². The molecule has 1 saturated heterocycles. The van der Waals surface area contributed by atoms with Crippen LogP contribution in [0.2, 0.25) is 0 Å². The SMILES string of the molecule is CSCc1cc(F)ccc1CNC(=O)[C@@H]1CN(C)CCO1. The minimum absolute atomic E-state index is 0.110. The molecule has 0 aromatic heterocycles. The van der Waals surface area contributed by atoms with Crippen molar-refractivity contribution in [2.75, 3.05) is 33.0 Å². The van der Waals surface area contributed by atoms with Crippen LogP contribution < -0.4 is 5.32 Å². The predicted molar refractivity (Wildman–Crippen MR) is 82.7 cm³/mol. The lowest BCUT2D eigenvalue weighted by molar-refractivity contribution is -0.137. The van der Waals surface area contributed by atoms with E-state index in [1.54, 1.807) is 17.8 Å². The third-order valence-corrected chi connectivity index (χ3v) is 4.08. The number of carbonyl (C=O) groups excluding carboxylic acids is 1. The molecule has 116 valence electrons. The zero-order chi connectivity index (χ0) is 15.2. The van der Waals surface area contributed by atoms with Gasteiger partial charge in [0.05, 0.1) is 6.61 Å². The Balaban J connectivity index is 1.94. The number of hydrogen-bond acceptors (Lipinski definition) is 4. The number of thioether (sulfide) groups is 1. The van der Waals surface area contributed by atoms with Gasteiger partial charge in [-0.1, -0.05) is 6.07 Å². The van der Waals surface area contributed by atoms with Gasteiger partial charge in [0.2, 0.25) is 0 Å². The third-order valence-electron chi connectivity index (χ3n) is 3.48. The molecule has 1 heterocycles. The molecule has 1 N–H and O–H groups in total. The maximum absolute atomic E-state index is 13.3. The molecule has 1 atom stereocenters.